The number of rotatable bonds is 9. The molecule has 30 heavy (non-hydrogen) atoms. The molecule has 0 bridgehead atoms. The van der Waals surface area contributed by atoms with Crippen molar-refractivity contribution in [3.8, 4) is 0 Å². The molecular formula is C20H27N5O5. The van der Waals surface area contributed by atoms with Gasteiger partial charge in [0, 0.05) is 18.7 Å². The molecule has 3 aromatic rings. The Morgan fingerprint density at radius 3 is 2.53 bits per heavy atom. The Balaban J connectivity index is 1.92. The average molecular weight is 417 g/mol. The lowest BCUT2D eigenvalue weighted by Crippen LogP contribution is -2.31. The first-order chi connectivity index (χ1) is 14.4. The van der Waals surface area contributed by atoms with Gasteiger partial charge >= 0.3 is 11.7 Å². The van der Waals surface area contributed by atoms with Gasteiger partial charge < -0.3 is 13.8 Å². The van der Waals surface area contributed by atoms with E-state index >= 15 is 0 Å². The molecule has 162 valence electrons. The number of ether oxygens (including phenoxy) is 1. The Morgan fingerprint density at radius 1 is 1.13 bits per heavy atom. The monoisotopic (exact) mass is 417 g/mol. The second-order valence-electron chi connectivity index (χ2n) is 7.26. The zero-order valence-electron chi connectivity index (χ0n) is 17.8. The molecule has 10 heteroatoms. The standard InChI is InChI=1S/C20H27N5O5/c1-5-7-9-25-18-17(19(27)22-20(25)28)24(8-6-2)15(21-18)11-29-16(26)10-14-12(3)23-30-13(14)4/h5-11H2,1-4H3,(H,22,27,28). The van der Waals surface area contributed by atoms with Crippen LogP contribution in [0, 0.1) is 13.8 Å². The van der Waals surface area contributed by atoms with Gasteiger partial charge in [-0.3, -0.25) is 19.1 Å². The number of hydrogen-bond acceptors (Lipinski definition) is 7. The summed E-state index contributed by atoms with van der Waals surface area (Å²) in [7, 11) is 0. The van der Waals surface area contributed by atoms with E-state index in [1.807, 2.05) is 13.8 Å². The molecule has 0 unspecified atom stereocenters. The molecule has 3 aromatic heterocycles. The van der Waals surface area contributed by atoms with Crippen LogP contribution in [0.3, 0.4) is 0 Å². The van der Waals surface area contributed by atoms with Crippen LogP contribution in [0.25, 0.3) is 11.2 Å². The Hall–Kier alpha value is -3.17. The third kappa shape index (κ3) is 4.22. The van der Waals surface area contributed by atoms with E-state index in [9.17, 15) is 14.4 Å². The van der Waals surface area contributed by atoms with Crippen LogP contribution in [-0.4, -0.2) is 30.2 Å². The van der Waals surface area contributed by atoms with Crippen LogP contribution in [0.2, 0.25) is 0 Å². The van der Waals surface area contributed by atoms with E-state index in [1.165, 1.54) is 4.57 Å². The van der Waals surface area contributed by atoms with Crippen molar-refractivity contribution in [1.29, 1.82) is 0 Å². The molecule has 3 rings (SSSR count). The summed E-state index contributed by atoms with van der Waals surface area (Å²) in [5, 5.41) is 3.84. The minimum absolute atomic E-state index is 0.0387. The molecule has 0 saturated carbocycles. The molecule has 1 N–H and O–H groups in total. The van der Waals surface area contributed by atoms with Crippen LogP contribution >= 0.6 is 0 Å². The number of hydrogen-bond donors (Lipinski definition) is 1. The Morgan fingerprint density at radius 2 is 1.90 bits per heavy atom. The topological polar surface area (TPSA) is 125 Å². The van der Waals surface area contributed by atoms with Crippen molar-refractivity contribution in [3.63, 3.8) is 0 Å². The van der Waals surface area contributed by atoms with Gasteiger partial charge in [-0.25, -0.2) is 9.78 Å². The highest BCUT2D eigenvalue weighted by Crippen LogP contribution is 2.16. The predicted octanol–water partition coefficient (Wildman–Crippen LogP) is 1.99. The smallest absolute Gasteiger partial charge is 0.330 e. The number of nitrogens with one attached hydrogen (secondary N) is 1. The third-order valence-electron chi connectivity index (χ3n) is 5.01. The molecule has 10 nitrogen and oxygen atoms in total. The minimum atomic E-state index is -0.489. The zero-order chi connectivity index (χ0) is 21.8. The van der Waals surface area contributed by atoms with Crippen molar-refractivity contribution in [2.24, 2.45) is 0 Å². The molecule has 0 spiro atoms. The van der Waals surface area contributed by atoms with Gasteiger partial charge in [-0.2, -0.15) is 0 Å². The molecule has 0 aliphatic heterocycles. The lowest BCUT2D eigenvalue weighted by atomic mass is 10.1. The number of carbonyl (C=O) groups excluding carboxylic acids is 1. The number of esters is 1. The molecule has 3 heterocycles. The highest BCUT2D eigenvalue weighted by atomic mass is 16.5. The van der Waals surface area contributed by atoms with Crippen LogP contribution in [0.4, 0.5) is 0 Å². The lowest BCUT2D eigenvalue weighted by molar-refractivity contribution is -0.144. The fourth-order valence-electron chi connectivity index (χ4n) is 3.41. The molecule has 0 atom stereocenters. The van der Waals surface area contributed by atoms with E-state index in [1.54, 1.807) is 18.4 Å². The summed E-state index contributed by atoms with van der Waals surface area (Å²) in [4.78, 5) is 44.0. The summed E-state index contributed by atoms with van der Waals surface area (Å²) < 4.78 is 13.7. The maximum Gasteiger partial charge on any atom is 0.330 e. The summed E-state index contributed by atoms with van der Waals surface area (Å²) >= 11 is 0. The normalized spacial score (nSPS) is 11.3. The molecule has 0 radical (unpaired) electrons. The molecular weight excluding hydrogens is 390 g/mol. The van der Waals surface area contributed by atoms with Crippen molar-refractivity contribution >= 4 is 17.1 Å². The van der Waals surface area contributed by atoms with Crippen LogP contribution in [0.15, 0.2) is 14.1 Å². The molecule has 0 aliphatic rings. The first-order valence-corrected chi connectivity index (χ1v) is 10.2. The van der Waals surface area contributed by atoms with Crippen molar-refractivity contribution < 1.29 is 14.1 Å². The summed E-state index contributed by atoms with van der Waals surface area (Å²) in [6.45, 7) is 8.37. The van der Waals surface area contributed by atoms with Crippen LogP contribution < -0.4 is 11.2 Å². The summed E-state index contributed by atoms with van der Waals surface area (Å²) in [5.74, 6) is 0.561. The van der Waals surface area contributed by atoms with Gasteiger partial charge in [0.15, 0.2) is 11.2 Å². The van der Waals surface area contributed by atoms with E-state index in [4.69, 9.17) is 9.26 Å². The van der Waals surface area contributed by atoms with Gasteiger partial charge in [0.25, 0.3) is 5.56 Å². The number of aryl methyl sites for hydroxylation is 4. The molecule has 0 amide bonds. The fourth-order valence-corrected chi connectivity index (χ4v) is 3.41. The van der Waals surface area contributed by atoms with E-state index in [0.717, 1.165) is 19.3 Å². The zero-order valence-corrected chi connectivity index (χ0v) is 17.8. The quantitative estimate of drug-likeness (QED) is 0.528. The molecule has 0 aliphatic carbocycles. The fraction of sp³-hybridized carbons (Fsp3) is 0.550. The third-order valence-corrected chi connectivity index (χ3v) is 5.01. The minimum Gasteiger partial charge on any atom is -0.457 e. The van der Waals surface area contributed by atoms with E-state index in [-0.39, 0.29) is 13.0 Å². The number of fused-ring (bicyclic) bond motifs is 1. The van der Waals surface area contributed by atoms with Crippen molar-refractivity contribution in [3.05, 3.63) is 43.7 Å². The number of aromatic amines is 1. The highest BCUT2D eigenvalue weighted by molar-refractivity contribution is 5.73. The highest BCUT2D eigenvalue weighted by Gasteiger charge is 2.20. The van der Waals surface area contributed by atoms with Crippen LogP contribution in [-0.2, 0) is 35.6 Å². The summed E-state index contributed by atoms with van der Waals surface area (Å²) in [6, 6.07) is 0. The largest absolute Gasteiger partial charge is 0.457 e. The Kier molecular flexibility index (Phi) is 6.53. The maximum atomic E-state index is 12.5. The van der Waals surface area contributed by atoms with E-state index in [2.05, 4.69) is 15.1 Å². The SMILES string of the molecule is CCCCn1c(=O)[nH]c(=O)c2c1nc(COC(=O)Cc1c(C)noc1C)n2CCC. The summed E-state index contributed by atoms with van der Waals surface area (Å²) in [5.41, 5.74) is 1.02. The van der Waals surface area contributed by atoms with Crippen LogP contribution in [0.1, 0.15) is 56.0 Å². The number of nitrogens with zero attached hydrogens (tertiary/aromatic N) is 4. The second kappa shape index (κ2) is 9.10. The van der Waals surface area contributed by atoms with E-state index in [0.29, 0.717) is 47.1 Å². The van der Waals surface area contributed by atoms with E-state index < -0.39 is 17.2 Å². The Bertz CT molecular complexity index is 1150. The first-order valence-electron chi connectivity index (χ1n) is 10.2. The van der Waals surface area contributed by atoms with Crippen molar-refractivity contribution in [2.45, 2.75) is 73.1 Å². The predicted molar refractivity (Wildman–Crippen MR) is 109 cm³/mol. The number of aromatic nitrogens is 5. The first kappa shape index (κ1) is 21.5. The van der Waals surface area contributed by atoms with Gasteiger partial charge in [0.2, 0.25) is 0 Å². The summed E-state index contributed by atoms with van der Waals surface area (Å²) in [6.07, 6.45) is 2.47. The maximum absolute atomic E-state index is 12.5. The number of carbonyl (C=O) groups is 1. The van der Waals surface area contributed by atoms with Gasteiger partial charge in [0.05, 0.1) is 12.1 Å². The van der Waals surface area contributed by atoms with Crippen molar-refractivity contribution in [2.75, 3.05) is 0 Å². The molecule has 0 saturated heterocycles. The number of unbranched alkanes of at least 4 members (excludes halogenated alkanes) is 1. The number of imidazole rings is 1. The van der Waals surface area contributed by atoms with Gasteiger partial charge in [-0.1, -0.05) is 25.4 Å². The van der Waals surface area contributed by atoms with Gasteiger partial charge in [-0.05, 0) is 26.7 Å². The molecule has 0 fully saturated rings. The van der Waals surface area contributed by atoms with Crippen LogP contribution in [0.5, 0.6) is 0 Å². The number of H-pyrrole nitrogens is 1. The molecule has 0 aromatic carbocycles. The van der Waals surface area contributed by atoms with Crippen molar-refractivity contribution in [1.82, 2.24) is 24.3 Å². The lowest BCUT2D eigenvalue weighted by Gasteiger charge is -2.08. The Labute approximate surface area is 172 Å². The second-order valence-corrected chi connectivity index (χ2v) is 7.26. The van der Waals surface area contributed by atoms with Gasteiger partial charge in [0.1, 0.15) is 18.2 Å². The van der Waals surface area contributed by atoms with Gasteiger partial charge in [-0.15, -0.1) is 0 Å². The average Bonchev–Trinajstić information content (AvgIpc) is 3.22.